The van der Waals surface area contributed by atoms with Gasteiger partial charge in [-0.1, -0.05) is 54.6 Å². The maximum absolute atomic E-state index is 10.8. The van der Waals surface area contributed by atoms with Gasteiger partial charge in [0.05, 0.1) is 5.41 Å². The van der Waals surface area contributed by atoms with Crippen LogP contribution in [0.1, 0.15) is 13.3 Å². The number of pyridine rings is 1. The van der Waals surface area contributed by atoms with E-state index >= 15 is 0 Å². The Bertz CT molecular complexity index is 733. The third kappa shape index (κ3) is 7.86. The van der Waals surface area contributed by atoms with E-state index in [1.165, 1.54) is 30.5 Å². The van der Waals surface area contributed by atoms with Gasteiger partial charge < -0.3 is 10.2 Å². The normalized spacial score (nSPS) is 17.5. The smallest absolute Gasteiger partial charge is 0.331 e. The molecule has 1 heterocycles. The molecule has 136 valence electrons. The van der Waals surface area contributed by atoms with Crippen molar-refractivity contribution in [2.24, 2.45) is 5.41 Å². The Hall–Kier alpha value is -2.78. The average molecular weight is 371 g/mol. The van der Waals surface area contributed by atoms with Crippen LogP contribution in [0, 0.1) is 5.41 Å². The summed E-state index contributed by atoms with van der Waals surface area (Å²) in [7, 11) is 2.63. The first kappa shape index (κ1) is 21.3. The van der Waals surface area contributed by atoms with Crippen molar-refractivity contribution in [3.05, 3.63) is 84.7 Å². The minimum absolute atomic E-state index is 0.0359. The van der Waals surface area contributed by atoms with Crippen molar-refractivity contribution in [3.63, 3.8) is 0 Å². The van der Waals surface area contributed by atoms with Crippen molar-refractivity contribution in [1.29, 1.82) is 0 Å². The molecular formula is C20H22NO4P. The predicted octanol–water partition coefficient (Wildman–Crippen LogP) is 3.32. The molecule has 0 spiro atoms. The van der Waals surface area contributed by atoms with Crippen molar-refractivity contribution in [2.45, 2.75) is 13.3 Å². The van der Waals surface area contributed by atoms with Crippen LogP contribution in [-0.4, -0.2) is 27.1 Å². The summed E-state index contributed by atoms with van der Waals surface area (Å²) in [6.45, 7) is 1.50. The number of benzene rings is 1. The lowest BCUT2D eigenvalue weighted by atomic mass is 9.80. The van der Waals surface area contributed by atoms with Gasteiger partial charge in [0.1, 0.15) is 0 Å². The summed E-state index contributed by atoms with van der Waals surface area (Å²) in [4.78, 5) is 25.1. The topological polar surface area (TPSA) is 87.5 Å². The van der Waals surface area contributed by atoms with E-state index in [2.05, 4.69) is 14.2 Å². The molecule has 0 aliphatic heterocycles. The number of carboxylic acids is 2. The zero-order valence-electron chi connectivity index (χ0n) is 14.4. The molecule has 6 heteroatoms. The molecule has 2 atom stereocenters. The van der Waals surface area contributed by atoms with Crippen LogP contribution < -0.4 is 5.30 Å². The van der Waals surface area contributed by atoms with Gasteiger partial charge in [-0.15, -0.1) is 9.24 Å². The quantitative estimate of drug-likeness (QED) is 0.791. The fourth-order valence-electron chi connectivity index (χ4n) is 1.95. The van der Waals surface area contributed by atoms with Crippen LogP contribution in [0.5, 0.6) is 0 Å². The van der Waals surface area contributed by atoms with E-state index in [-0.39, 0.29) is 12.0 Å². The molecule has 2 unspecified atom stereocenters. The Labute approximate surface area is 155 Å². The molecule has 0 bridgehead atoms. The van der Waals surface area contributed by atoms with Gasteiger partial charge in [0.15, 0.2) is 0 Å². The minimum atomic E-state index is -1.08. The van der Waals surface area contributed by atoms with E-state index in [1.807, 2.05) is 48.5 Å². The highest BCUT2D eigenvalue weighted by molar-refractivity contribution is 7.27. The van der Waals surface area contributed by atoms with Crippen molar-refractivity contribution in [3.8, 4) is 0 Å². The monoisotopic (exact) mass is 371 g/mol. The molecular weight excluding hydrogens is 349 g/mol. The molecule has 0 saturated heterocycles. The van der Waals surface area contributed by atoms with Crippen molar-refractivity contribution in [1.82, 2.24) is 4.98 Å². The van der Waals surface area contributed by atoms with Gasteiger partial charge in [-0.05, 0) is 30.8 Å². The van der Waals surface area contributed by atoms with E-state index in [1.54, 1.807) is 12.4 Å². The Kier molecular flexibility index (Phi) is 8.96. The number of hydrogen-bond donors (Lipinski definition) is 2. The van der Waals surface area contributed by atoms with E-state index < -0.39 is 17.4 Å². The van der Waals surface area contributed by atoms with Crippen LogP contribution in [0.15, 0.2) is 84.7 Å². The first-order valence-electron chi connectivity index (χ1n) is 7.86. The standard InChI is InChI=1S/C9H10O4.C6H7P.C5H5N/c1-9(8(12)13)4-2-3-6(5-9)7(10)11;7-6-4-2-1-3-5-6;1-2-4-6-5-3-1/h2-4H,5H2,1H3,(H,10,11)(H,12,13);1-5H,7H2;1-5H. The highest BCUT2D eigenvalue weighted by atomic mass is 31.0. The zero-order valence-corrected chi connectivity index (χ0v) is 15.6. The Morgan fingerprint density at radius 3 is 1.96 bits per heavy atom. The summed E-state index contributed by atoms with van der Waals surface area (Å²) in [6.07, 6.45) is 7.93. The molecule has 5 nitrogen and oxygen atoms in total. The summed E-state index contributed by atoms with van der Waals surface area (Å²) in [5.41, 5.74) is -0.949. The molecule has 2 N–H and O–H groups in total. The highest BCUT2D eigenvalue weighted by Crippen LogP contribution is 2.31. The Morgan fingerprint density at radius 2 is 1.62 bits per heavy atom. The number of rotatable bonds is 2. The van der Waals surface area contributed by atoms with Gasteiger partial charge in [0, 0.05) is 18.0 Å². The summed E-state index contributed by atoms with van der Waals surface area (Å²) in [6, 6.07) is 15.8. The lowest BCUT2D eigenvalue weighted by Gasteiger charge is -2.23. The summed E-state index contributed by atoms with van der Waals surface area (Å²) in [5, 5.41) is 18.7. The first-order chi connectivity index (χ1) is 12.3. The van der Waals surface area contributed by atoms with Crippen LogP contribution in [0.3, 0.4) is 0 Å². The third-order valence-electron chi connectivity index (χ3n) is 3.45. The molecule has 1 aliphatic carbocycles. The fraction of sp³-hybridized carbons (Fsp3) is 0.150. The molecule has 0 fully saturated rings. The SMILES string of the molecule is CC1(C(=O)O)C=CC=C(C(=O)O)C1.Pc1ccccc1.c1ccncc1. The second-order valence-electron chi connectivity index (χ2n) is 5.69. The predicted molar refractivity (Wildman–Crippen MR) is 105 cm³/mol. The molecule has 1 aromatic heterocycles. The average Bonchev–Trinajstić information content (AvgIpc) is 2.65. The van der Waals surface area contributed by atoms with E-state index in [4.69, 9.17) is 10.2 Å². The number of aromatic nitrogens is 1. The van der Waals surface area contributed by atoms with Crippen molar-refractivity contribution in [2.75, 3.05) is 0 Å². The number of carboxylic acid groups (broad SMARTS) is 2. The Morgan fingerprint density at radius 1 is 1.04 bits per heavy atom. The maximum atomic E-state index is 10.8. The van der Waals surface area contributed by atoms with Crippen LogP contribution in [-0.2, 0) is 9.59 Å². The summed E-state index contributed by atoms with van der Waals surface area (Å²) >= 11 is 0. The fourth-order valence-corrected chi connectivity index (χ4v) is 2.17. The molecule has 3 rings (SSSR count). The lowest BCUT2D eigenvalue weighted by Crippen LogP contribution is -2.28. The lowest BCUT2D eigenvalue weighted by molar-refractivity contribution is -0.145. The number of hydrogen-bond acceptors (Lipinski definition) is 3. The first-order valence-corrected chi connectivity index (χ1v) is 8.43. The van der Waals surface area contributed by atoms with Gasteiger partial charge in [0.2, 0.25) is 0 Å². The van der Waals surface area contributed by atoms with Crippen LogP contribution in [0.2, 0.25) is 0 Å². The minimum Gasteiger partial charge on any atom is -0.481 e. The highest BCUT2D eigenvalue weighted by Gasteiger charge is 2.34. The van der Waals surface area contributed by atoms with Crippen LogP contribution in [0.4, 0.5) is 0 Å². The second kappa shape index (κ2) is 11.0. The van der Waals surface area contributed by atoms with Crippen molar-refractivity contribution >= 4 is 26.5 Å². The van der Waals surface area contributed by atoms with E-state index in [0.29, 0.717) is 0 Å². The number of aliphatic carboxylic acids is 2. The molecule has 1 aromatic carbocycles. The van der Waals surface area contributed by atoms with Crippen LogP contribution in [0.25, 0.3) is 0 Å². The largest absolute Gasteiger partial charge is 0.481 e. The van der Waals surface area contributed by atoms with Gasteiger partial charge in [-0.25, -0.2) is 4.79 Å². The molecule has 0 radical (unpaired) electrons. The molecule has 0 saturated carbocycles. The van der Waals surface area contributed by atoms with Gasteiger partial charge >= 0.3 is 11.9 Å². The summed E-state index contributed by atoms with van der Waals surface area (Å²) in [5.74, 6) is -2.06. The molecule has 1 aliphatic rings. The second-order valence-corrected chi connectivity index (χ2v) is 6.36. The van der Waals surface area contributed by atoms with Gasteiger partial charge in [-0.2, -0.15) is 0 Å². The van der Waals surface area contributed by atoms with Gasteiger partial charge in [0.25, 0.3) is 0 Å². The van der Waals surface area contributed by atoms with Crippen molar-refractivity contribution < 1.29 is 19.8 Å². The van der Waals surface area contributed by atoms with E-state index in [0.717, 1.165) is 0 Å². The Balaban J connectivity index is 0.000000217. The number of allylic oxidation sites excluding steroid dienone is 2. The zero-order chi connectivity index (χ0) is 19.4. The third-order valence-corrected chi connectivity index (χ3v) is 3.83. The number of carbonyl (C=O) groups is 2. The molecule has 0 amide bonds. The van der Waals surface area contributed by atoms with E-state index in [9.17, 15) is 9.59 Å². The van der Waals surface area contributed by atoms with Crippen LogP contribution >= 0.6 is 9.24 Å². The van der Waals surface area contributed by atoms with Gasteiger partial charge in [-0.3, -0.25) is 9.78 Å². The number of nitrogens with zero attached hydrogens (tertiary/aromatic N) is 1. The summed E-state index contributed by atoms with van der Waals surface area (Å²) < 4.78 is 0. The molecule has 2 aromatic rings. The maximum Gasteiger partial charge on any atom is 0.331 e. The molecule has 26 heavy (non-hydrogen) atoms.